The number of fused-ring (bicyclic) bond motifs is 1. The Balaban J connectivity index is 1.33. The number of piperazine rings is 1. The minimum atomic E-state index is -0.117. The minimum Gasteiger partial charge on any atom is -0.459 e. The Morgan fingerprint density at radius 1 is 1.07 bits per heavy atom. The van der Waals surface area contributed by atoms with Crippen LogP contribution in [0.15, 0.2) is 47.2 Å². The predicted molar refractivity (Wildman–Crippen MR) is 99.4 cm³/mol. The van der Waals surface area contributed by atoms with E-state index in [2.05, 4.69) is 4.98 Å². The van der Waals surface area contributed by atoms with Crippen LogP contribution in [0.2, 0.25) is 0 Å². The van der Waals surface area contributed by atoms with Gasteiger partial charge in [0.2, 0.25) is 5.91 Å². The molecule has 7 heteroatoms. The highest BCUT2D eigenvalue weighted by Crippen LogP contribution is 2.15. The van der Waals surface area contributed by atoms with Crippen molar-refractivity contribution in [3.8, 4) is 0 Å². The molecule has 0 aromatic carbocycles. The Morgan fingerprint density at radius 3 is 2.59 bits per heavy atom. The van der Waals surface area contributed by atoms with Crippen LogP contribution in [0, 0.1) is 6.92 Å². The third-order valence-corrected chi connectivity index (χ3v) is 5.06. The monoisotopic (exact) mass is 366 g/mol. The summed E-state index contributed by atoms with van der Waals surface area (Å²) in [5.74, 6) is 0.344. The van der Waals surface area contributed by atoms with E-state index in [-0.39, 0.29) is 11.8 Å². The quantitative estimate of drug-likeness (QED) is 0.709. The summed E-state index contributed by atoms with van der Waals surface area (Å²) in [6.07, 6.45) is 4.57. The third-order valence-electron chi connectivity index (χ3n) is 5.06. The maximum Gasteiger partial charge on any atom is 0.289 e. The normalized spacial score (nSPS) is 14.7. The lowest BCUT2D eigenvalue weighted by Crippen LogP contribution is -2.50. The number of aryl methyl sites for hydroxylation is 2. The summed E-state index contributed by atoms with van der Waals surface area (Å²) in [6, 6.07) is 9.26. The molecule has 0 atom stereocenters. The average molecular weight is 366 g/mol. The molecule has 1 fully saturated rings. The van der Waals surface area contributed by atoms with Crippen LogP contribution in [-0.4, -0.2) is 57.2 Å². The van der Waals surface area contributed by atoms with Crippen molar-refractivity contribution in [3.05, 3.63) is 59.9 Å². The molecule has 1 aliphatic heterocycles. The smallest absolute Gasteiger partial charge is 0.289 e. The molecule has 0 spiro atoms. The fraction of sp³-hybridized carbons (Fsp3) is 0.350. The number of hydrogen-bond acceptors (Lipinski definition) is 4. The second-order valence-electron chi connectivity index (χ2n) is 6.72. The van der Waals surface area contributed by atoms with Gasteiger partial charge in [0.15, 0.2) is 5.76 Å². The van der Waals surface area contributed by atoms with Crippen LogP contribution in [0.25, 0.3) is 5.65 Å². The highest BCUT2D eigenvalue weighted by Gasteiger charge is 2.26. The van der Waals surface area contributed by atoms with Gasteiger partial charge in [0.05, 0.1) is 12.0 Å². The molecule has 140 valence electrons. The van der Waals surface area contributed by atoms with Crippen molar-refractivity contribution in [2.45, 2.75) is 19.8 Å². The molecule has 27 heavy (non-hydrogen) atoms. The highest BCUT2D eigenvalue weighted by atomic mass is 16.3. The fourth-order valence-electron chi connectivity index (χ4n) is 3.56. The third kappa shape index (κ3) is 3.45. The molecule has 0 bridgehead atoms. The standard InChI is InChI=1S/C20H22N4O3/c1-15-16(24-9-3-2-6-18(24)21-15)7-8-19(25)22-10-12-23(13-11-22)20(26)17-5-4-14-27-17/h2-6,9,14H,7-8,10-13H2,1H3. The Kier molecular flexibility index (Phi) is 4.66. The SMILES string of the molecule is Cc1nc2ccccn2c1CCC(=O)N1CCN(C(=O)c2ccco2)CC1. The summed E-state index contributed by atoms with van der Waals surface area (Å²) < 4.78 is 7.21. The van der Waals surface area contributed by atoms with Gasteiger partial charge in [-0.05, 0) is 37.6 Å². The van der Waals surface area contributed by atoms with Crippen LogP contribution in [-0.2, 0) is 11.2 Å². The van der Waals surface area contributed by atoms with Gasteiger partial charge in [-0.1, -0.05) is 6.07 Å². The number of carbonyl (C=O) groups is 2. The molecule has 1 aliphatic rings. The number of rotatable bonds is 4. The van der Waals surface area contributed by atoms with Crippen molar-refractivity contribution in [2.24, 2.45) is 0 Å². The molecular formula is C20H22N4O3. The molecule has 3 aromatic heterocycles. The summed E-state index contributed by atoms with van der Waals surface area (Å²) in [5.41, 5.74) is 2.94. The van der Waals surface area contributed by atoms with Crippen LogP contribution in [0.1, 0.15) is 28.4 Å². The number of pyridine rings is 1. The van der Waals surface area contributed by atoms with E-state index in [1.165, 1.54) is 6.26 Å². The van der Waals surface area contributed by atoms with Crippen molar-refractivity contribution >= 4 is 17.5 Å². The van der Waals surface area contributed by atoms with Gasteiger partial charge in [-0.15, -0.1) is 0 Å². The molecule has 0 N–H and O–H groups in total. The van der Waals surface area contributed by atoms with Crippen molar-refractivity contribution in [3.63, 3.8) is 0 Å². The van der Waals surface area contributed by atoms with E-state index in [1.54, 1.807) is 17.0 Å². The predicted octanol–water partition coefficient (Wildman–Crippen LogP) is 2.15. The van der Waals surface area contributed by atoms with Gasteiger partial charge in [0, 0.05) is 44.5 Å². The molecule has 4 heterocycles. The van der Waals surface area contributed by atoms with Crippen LogP contribution in [0.5, 0.6) is 0 Å². The Bertz CT molecular complexity index is 953. The number of furan rings is 1. The zero-order chi connectivity index (χ0) is 18.8. The summed E-state index contributed by atoms with van der Waals surface area (Å²) in [4.78, 5) is 33.0. The van der Waals surface area contributed by atoms with Crippen LogP contribution in [0.4, 0.5) is 0 Å². The maximum atomic E-state index is 12.6. The van der Waals surface area contributed by atoms with E-state index in [4.69, 9.17) is 4.42 Å². The molecule has 0 saturated carbocycles. The Morgan fingerprint density at radius 2 is 1.85 bits per heavy atom. The van der Waals surface area contributed by atoms with E-state index in [9.17, 15) is 9.59 Å². The number of carbonyl (C=O) groups excluding carboxylic acids is 2. The molecule has 4 rings (SSSR count). The van der Waals surface area contributed by atoms with Crippen LogP contribution >= 0.6 is 0 Å². The lowest BCUT2D eigenvalue weighted by Gasteiger charge is -2.34. The molecule has 0 aliphatic carbocycles. The van der Waals surface area contributed by atoms with E-state index in [0.29, 0.717) is 44.8 Å². The van der Waals surface area contributed by atoms with Crippen LogP contribution in [0.3, 0.4) is 0 Å². The molecule has 1 saturated heterocycles. The number of aromatic nitrogens is 2. The lowest BCUT2D eigenvalue weighted by molar-refractivity contribution is -0.132. The van der Waals surface area contributed by atoms with E-state index < -0.39 is 0 Å². The Labute approximate surface area is 157 Å². The van der Waals surface area contributed by atoms with Crippen molar-refractivity contribution in [1.82, 2.24) is 19.2 Å². The van der Waals surface area contributed by atoms with Gasteiger partial charge in [0.1, 0.15) is 5.65 Å². The first-order chi connectivity index (χ1) is 13.1. The van der Waals surface area contributed by atoms with E-state index in [1.807, 2.05) is 40.6 Å². The molecule has 3 aromatic rings. The second kappa shape index (κ2) is 7.26. The van der Waals surface area contributed by atoms with Crippen molar-refractivity contribution in [2.75, 3.05) is 26.2 Å². The summed E-state index contributed by atoms with van der Waals surface area (Å²) in [5, 5.41) is 0. The molecular weight excluding hydrogens is 344 g/mol. The fourth-order valence-corrected chi connectivity index (χ4v) is 3.56. The first-order valence-electron chi connectivity index (χ1n) is 9.16. The first kappa shape index (κ1) is 17.3. The second-order valence-corrected chi connectivity index (χ2v) is 6.72. The van der Waals surface area contributed by atoms with Crippen molar-refractivity contribution in [1.29, 1.82) is 0 Å². The summed E-state index contributed by atoms with van der Waals surface area (Å²) in [7, 11) is 0. The number of hydrogen-bond donors (Lipinski definition) is 0. The van der Waals surface area contributed by atoms with Gasteiger partial charge in [-0.25, -0.2) is 4.98 Å². The van der Waals surface area contributed by atoms with Gasteiger partial charge in [-0.2, -0.15) is 0 Å². The zero-order valence-corrected chi connectivity index (χ0v) is 15.3. The zero-order valence-electron chi connectivity index (χ0n) is 15.3. The van der Waals surface area contributed by atoms with Gasteiger partial charge >= 0.3 is 0 Å². The van der Waals surface area contributed by atoms with Gasteiger partial charge < -0.3 is 18.6 Å². The first-order valence-corrected chi connectivity index (χ1v) is 9.16. The van der Waals surface area contributed by atoms with Crippen molar-refractivity contribution < 1.29 is 14.0 Å². The van der Waals surface area contributed by atoms with Gasteiger partial charge in [0.25, 0.3) is 5.91 Å². The minimum absolute atomic E-state index is 0.116. The molecule has 2 amide bonds. The summed E-state index contributed by atoms with van der Waals surface area (Å²) >= 11 is 0. The number of nitrogens with zero attached hydrogens (tertiary/aromatic N) is 4. The lowest BCUT2D eigenvalue weighted by atomic mass is 10.1. The Hall–Kier alpha value is -3.09. The largest absolute Gasteiger partial charge is 0.459 e. The highest BCUT2D eigenvalue weighted by molar-refractivity contribution is 5.91. The number of amides is 2. The molecule has 0 unspecified atom stereocenters. The van der Waals surface area contributed by atoms with E-state index >= 15 is 0 Å². The maximum absolute atomic E-state index is 12.6. The molecule has 7 nitrogen and oxygen atoms in total. The summed E-state index contributed by atoms with van der Waals surface area (Å²) in [6.45, 7) is 4.14. The van der Waals surface area contributed by atoms with Gasteiger partial charge in [-0.3, -0.25) is 9.59 Å². The topological polar surface area (TPSA) is 71.1 Å². The molecule has 0 radical (unpaired) electrons. The number of imidazole rings is 1. The van der Waals surface area contributed by atoms with E-state index in [0.717, 1.165) is 17.0 Å². The average Bonchev–Trinajstić information content (AvgIpc) is 3.33. The van der Waals surface area contributed by atoms with Crippen LogP contribution < -0.4 is 0 Å².